The molecule has 0 aliphatic heterocycles. The monoisotopic (exact) mass is 730 g/mol. The smallest absolute Gasteiger partial charge is 1.00 e. The quantitative estimate of drug-likeness (QED) is 0.373. The zero-order chi connectivity index (χ0) is 29.7. The van der Waals surface area contributed by atoms with Crippen molar-refractivity contribution in [1.82, 2.24) is 0 Å². The molecule has 0 spiro atoms. The fourth-order valence-corrected chi connectivity index (χ4v) is 12.8. The molecule has 0 amide bonds. The number of rotatable bonds is 2. The standard InChI is InChI=1S/C43H54.2ClH.Zr/c1-40(2,3)28-11-13-31-32-14-12-29(41(4,5)6)19-36(32)39(35(31)18-28)42(7)37-10-8-9-33(37)34-20-30(21-38(34)42)43-22-25-15-26(23-43)17-27(16-25)24-43;;;/h11-14,18-19,21,25-27,33,37,39H,8-10,15-17,20,22-24H2,1-7H3;2*1H;/q;;;+2/p-2. The molecular weight excluding hydrogens is 679 g/mol. The largest absolute Gasteiger partial charge is 2.00 e. The van der Waals surface area contributed by atoms with Crippen molar-refractivity contribution in [2.75, 3.05) is 0 Å². The molecule has 3 heteroatoms. The second-order valence-electron chi connectivity index (χ2n) is 18.9. The van der Waals surface area contributed by atoms with Crippen molar-refractivity contribution in [3.8, 4) is 11.1 Å². The summed E-state index contributed by atoms with van der Waals surface area (Å²) in [5.41, 5.74) is 15.9. The Bertz CT molecular complexity index is 1510. The molecule has 0 aromatic heterocycles. The molecule has 3 unspecified atom stereocenters. The Morgan fingerprint density at radius 3 is 1.67 bits per heavy atom. The van der Waals surface area contributed by atoms with E-state index in [2.05, 4.69) is 90.9 Å². The fraction of sp³-hybridized carbons (Fsp3) is 0.628. The SMILES string of the molecule is CC(C)(C)c1ccc2c(c1)C(C1(C)C3=C(CC(C45CC6CC(CC(C6)C4)C5)=C3)C3CCCC31)c1cc(C(C)(C)C)ccc1-2.[Cl-].[Cl-].[Zr+2]. The van der Waals surface area contributed by atoms with E-state index in [1.807, 2.05) is 16.7 Å². The van der Waals surface area contributed by atoms with Crippen LogP contribution in [0.3, 0.4) is 0 Å². The number of halogens is 2. The van der Waals surface area contributed by atoms with Gasteiger partial charge in [0.15, 0.2) is 0 Å². The van der Waals surface area contributed by atoms with Crippen molar-refractivity contribution in [2.45, 2.75) is 129 Å². The Morgan fingerprint density at radius 1 is 0.696 bits per heavy atom. The second-order valence-corrected chi connectivity index (χ2v) is 18.9. The first-order valence-electron chi connectivity index (χ1n) is 18.1. The van der Waals surface area contributed by atoms with E-state index in [-0.39, 0.29) is 67.3 Å². The van der Waals surface area contributed by atoms with Crippen LogP contribution in [0.1, 0.15) is 141 Å². The maximum Gasteiger partial charge on any atom is 2.00 e. The van der Waals surface area contributed by atoms with Gasteiger partial charge < -0.3 is 24.8 Å². The van der Waals surface area contributed by atoms with E-state index in [1.54, 1.807) is 30.4 Å². The summed E-state index contributed by atoms with van der Waals surface area (Å²) >= 11 is 0. The van der Waals surface area contributed by atoms with Crippen molar-refractivity contribution in [2.24, 2.45) is 40.4 Å². The minimum atomic E-state index is 0. The number of allylic oxidation sites excluding steroid dienone is 4. The summed E-state index contributed by atoms with van der Waals surface area (Å²) in [7, 11) is 0. The zero-order valence-electron chi connectivity index (χ0n) is 29.3. The maximum atomic E-state index is 2.90. The number of benzene rings is 2. The number of fused-ring (bicyclic) bond motifs is 5. The van der Waals surface area contributed by atoms with Crippen molar-refractivity contribution < 1.29 is 51.0 Å². The van der Waals surface area contributed by atoms with Crippen LogP contribution in [0, 0.1) is 40.4 Å². The van der Waals surface area contributed by atoms with Gasteiger partial charge in [-0.2, -0.15) is 0 Å². The third-order valence-corrected chi connectivity index (χ3v) is 14.4. The Kier molecular flexibility index (Phi) is 8.77. The molecule has 5 saturated carbocycles. The molecule has 3 atom stereocenters. The van der Waals surface area contributed by atoms with Gasteiger partial charge in [-0.1, -0.05) is 109 Å². The van der Waals surface area contributed by atoms with Crippen LogP contribution in [0.4, 0.5) is 0 Å². The molecule has 0 saturated heterocycles. The van der Waals surface area contributed by atoms with Gasteiger partial charge in [0.2, 0.25) is 0 Å². The molecule has 10 rings (SSSR count). The molecule has 46 heavy (non-hydrogen) atoms. The number of hydrogen-bond acceptors (Lipinski definition) is 0. The minimum absolute atomic E-state index is 0. The summed E-state index contributed by atoms with van der Waals surface area (Å²) in [6, 6.07) is 15.2. The van der Waals surface area contributed by atoms with Crippen LogP contribution in [-0.4, -0.2) is 0 Å². The summed E-state index contributed by atoms with van der Waals surface area (Å²) < 4.78 is 0. The van der Waals surface area contributed by atoms with E-state index < -0.39 is 0 Å². The average molecular weight is 733 g/mol. The first-order chi connectivity index (χ1) is 20.3. The molecule has 0 N–H and O–H groups in total. The molecule has 5 fully saturated rings. The third-order valence-electron chi connectivity index (χ3n) is 14.4. The maximum absolute atomic E-state index is 2.90. The molecule has 0 nitrogen and oxygen atoms in total. The first kappa shape index (κ1) is 35.2. The minimum Gasteiger partial charge on any atom is -1.00 e. The molecule has 8 aliphatic carbocycles. The van der Waals surface area contributed by atoms with Gasteiger partial charge in [0, 0.05) is 11.3 Å². The van der Waals surface area contributed by atoms with Crippen LogP contribution in [0.5, 0.6) is 0 Å². The van der Waals surface area contributed by atoms with Gasteiger partial charge in [0.05, 0.1) is 0 Å². The normalized spacial score (nSPS) is 35.1. The Balaban J connectivity index is 0.00000124. The van der Waals surface area contributed by atoms with Gasteiger partial charge >= 0.3 is 26.2 Å². The van der Waals surface area contributed by atoms with E-state index >= 15 is 0 Å². The molecule has 0 heterocycles. The number of hydrogen-bond donors (Lipinski definition) is 0. The summed E-state index contributed by atoms with van der Waals surface area (Å²) in [6.45, 7) is 17.1. The van der Waals surface area contributed by atoms with Gasteiger partial charge in [-0.25, -0.2) is 0 Å². The summed E-state index contributed by atoms with van der Waals surface area (Å²) in [5, 5.41) is 0. The molecule has 0 radical (unpaired) electrons. The Labute approximate surface area is 311 Å². The van der Waals surface area contributed by atoms with E-state index in [4.69, 9.17) is 0 Å². The van der Waals surface area contributed by atoms with Crippen LogP contribution >= 0.6 is 0 Å². The molecule has 8 aliphatic rings. The van der Waals surface area contributed by atoms with Crippen molar-refractivity contribution >= 4 is 0 Å². The van der Waals surface area contributed by atoms with E-state index in [0.717, 1.165) is 29.6 Å². The third kappa shape index (κ3) is 4.88. The second kappa shape index (κ2) is 11.5. The average Bonchev–Trinajstić information content (AvgIpc) is 3.69. The predicted octanol–water partition coefficient (Wildman–Crippen LogP) is 5.68. The molecule has 4 bridgehead atoms. The molecular formula is C43H54Cl2Zr. The van der Waals surface area contributed by atoms with E-state index in [9.17, 15) is 0 Å². The Hall–Kier alpha value is -0.617. The Morgan fingerprint density at radius 2 is 1.20 bits per heavy atom. The van der Waals surface area contributed by atoms with Crippen LogP contribution < -0.4 is 24.8 Å². The molecule has 244 valence electrons. The van der Waals surface area contributed by atoms with Gasteiger partial charge in [-0.3, -0.25) is 0 Å². The van der Waals surface area contributed by atoms with Gasteiger partial charge in [0.25, 0.3) is 0 Å². The topological polar surface area (TPSA) is 0 Å². The van der Waals surface area contributed by atoms with Crippen LogP contribution in [0.2, 0.25) is 0 Å². The van der Waals surface area contributed by atoms with E-state index in [1.165, 1.54) is 67.2 Å². The van der Waals surface area contributed by atoms with Gasteiger partial charge in [-0.05, 0) is 143 Å². The summed E-state index contributed by atoms with van der Waals surface area (Å²) in [4.78, 5) is 0. The van der Waals surface area contributed by atoms with Crippen molar-refractivity contribution in [1.29, 1.82) is 0 Å². The predicted molar refractivity (Wildman–Crippen MR) is 180 cm³/mol. The summed E-state index contributed by atoms with van der Waals surface area (Å²) in [5.74, 6) is 5.11. The van der Waals surface area contributed by atoms with Crippen molar-refractivity contribution in [3.05, 3.63) is 81.4 Å². The van der Waals surface area contributed by atoms with E-state index in [0.29, 0.717) is 11.3 Å². The molecule has 2 aromatic carbocycles. The van der Waals surface area contributed by atoms with Crippen LogP contribution in [-0.2, 0) is 37.0 Å². The molecule has 2 aromatic rings. The van der Waals surface area contributed by atoms with Crippen LogP contribution in [0.25, 0.3) is 11.1 Å². The summed E-state index contributed by atoms with van der Waals surface area (Å²) in [6.07, 6.45) is 17.7. The van der Waals surface area contributed by atoms with Crippen molar-refractivity contribution in [3.63, 3.8) is 0 Å². The van der Waals surface area contributed by atoms with Gasteiger partial charge in [-0.15, -0.1) is 0 Å². The zero-order valence-corrected chi connectivity index (χ0v) is 33.3. The van der Waals surface area contributed by atoms with Crippen LogP contribution in [0.15, 0.2) is 59.2 Å². The first-order valence-corrected chi connectivity index (χ1v) is 18.1. The van der Waals surface area contributed by atoms with Gasteiger partial charge in [0.1, 0.15) is 0 Å². The fourth-order valence-electron chi connectivity index (χ4n) is 12.8.